The minimum absolute atomic E-state index is 0. The lowest BCUT2D eigenvalue weighted by molar-refractivity contribution is -0.377. The number of rotatable bonds is 14. The number of H-pyrrole nitrogens is 1. The summed E-state index contributed by atoms with van der Waals surface area (Å²) in [5.41, 5.74) is 2.12. The smallest absolute Gasteiger partial charge is 0.348 e. The van der Waals surface area contributed by atoms with Gasteiger partial charge in [-0.25, -0.2) is 14.6 Å². The van der Waals surface area contributed by atoms with Gasteiger partial charge in [0.15, 0.2) is 23.9 Å². The number of halogens is 2. The number of benzene rings is 2. The molecular formula is C34H37Cl2N3O7S. The van der Waals surface area contributed by atoms with Crippen LogP contribution in [0.3, 0.4) is 0 Å². The minimum Gasteiger partial charge on any atom is -0.870 e. The maximum Gasteiger partial charge on any atom is 0.348 e. The van der Waals surface area contributed by atoms with E-state index in [1.165, 1.54) is 11.3 Å². The third-order valence-corrected chi connectivity index (χ3v) is 9.72. The van der Waals surface area contributed by atoms with Crippen molar-refractivity contribution in [3.8, 4) is 11.5 Å². The first-order valence-electron chi connectivity index (χ1n) is 14.8. The Labute approximate surface area is 287 Å². The molecule has 3 heterocycles. The molecule has 0 aliphatic carbocycles. The molecule has 1 unspecified atom stereocenters. The van der Waals surface area contributed by atoms with Crippen molar-refractivity contribution in [3.05, 3.63) is 110 Å². The van der Waals surface area contributed by atoms with E-state index in [4.69, 9.17) is 42.1 Å². The van der Waals surface area contributed by atoms with Gasteiger partial charge in [-0.15, -0.1) is 11.3 Å². The third-order valence-electron chi connectivity index (χ3n) is 7.98. The van der Waals surface area contributed by atoms with Crippen LogP contribution in [0.4, 0.5) is 0 Å². The number of nitrogens with one attached hydrogen (secondary N) is 2. The normalized spacial score (nSPS) is 15.5. The molecule has 1 aliphatic heterocycles. The first-order valence-corrected chi connectivity index (χ1v) is 16.4. The second-order valence-electron chi connectivity index (χ2n) is 10.9. The Hall–Kier alpha value is -3.71. The van der Waals surface area contributed by atoms with Crippen LogP contribution in [0.1, 0.15) is 49.8 Å². The average Bonchev–Trinajstić information content (AvgIpc) is 3.54. The molecule has 1 fully saturated rings. The lowest BCUT2D eigenvalue weighted by atomic mass is 10.0. The summed E-state index contributed by atoms with van der Waals surface area (Å²) >= 11 is 14.2. The highest BCUT2D eigenvalue weighted by Crippen LogP contribution is 2.36. The first kappa shape index (κ1) is 36.1. The van der Waals surface area contributed by atoms with E-state index < -0.39 is 18.1 Å². The number of aromatic nitrogens is 1. The van der Waals surface area contributed by atoms with E-state index >= 15 is 0 Å². The summed E-state index contributed by atoms with van der Waals surface area (Å²) in [6.07, 6.45) is 3.75. The molecule has 1 aliphatic rings. The predicted octanol–water partition coefficient (Wildman–Crippen LogP) is 5.93. The lowest BCUT2D eigenvalue weighted by Gasteiger charge is -2.37. The van der Waals surface area contributed by atoms with Gasteiger partial charge in [0.25, 0.3) is 0 Å². The van der Waals surface area contributed by atoms with E-state index in [1.54, 1.807) is 44.8 Å². The molecule has 3 atom stereocenters. The molecule has 13 heteroatoms. The Balaban J connectivity index is 0.00000500. The van der Waals surface area contributed by atoms with Crippen LogP contribution in [-0.2, 0) is 27.2 Å². The molecule has 3 N–H and O–H groups in total. The Kier molecular flexibility index (Phi) is 13.0. The molecule has 2 aromatic carbocycles. The summed E-state index contributed by atoms with van der Waals surface area (Å²) in [6, 6.07) is 18.0. The Morgan fingerprint density at radius 1 is 1.00 bits per heavy atom. The lowest BCUT2D eigenvalue weighted by Crippen LogP contribution is -2.48. The van der Waals surface area contributed by atoms with Crippen LogP contribution in [0.2, 0.25) is 10.0 Å². The minimum atomic E-state index is -0.736. The monoisotopic (exact) mass is 701 g/mol. The number of esters is 2. The van der Waals surface area contributed by atoms with E-state index in [9.17, 15) is 9.59 Å². The van der Waals surface area contributed by atoms with Crippen molar-refractivity contribution in [1.82, 2.24) is 10.2 Å². The standard InChI is InChI=1S/C34H35Cl2N3O6S.H2O/c1-39-14-13-23(39)20-44-34(41)32(21-7-5-4-6-8-21)38-17-24-10-12-31(46-24)33(40)45-29(16-25-26(35)18-37-19-27(25)36)22-9-11-28(42-2)30(15-22)43-3;/h4-12,15,18-19,23,29,32,38H,13-14,16-17,20H2,1-3H3;1H2/t23-,29+,32?;/m1./s1. The van der Waals surface area contributed by atoms with Crippen molar-refractivity contribution in [1.29, 1.82) is 0 Å². The second-order valence-corrected chi connectivity index (χ2v) is 12.9. The molecule has 2 aromatic heterocycles. The van der Waals surface area contributed by atoms with Crippen LogP contribution in [0, 0.1) is 0 Å². The Bertz CT molecular complexity index is 1640. The highest BCUT2D eigenvalue weighted by Gasteiger charge is 2.29. The van der Waals surface area contributed by atoms with Gasteiger partial charge >= 0.3 is 11.9 Å². The number of aromatic amines is 1. The number of carbonyl (C=O) groups is 2. The van der Waals surface area contributed by atoms with Gasteiger partial charge in [-0.1, -0.05) is 59.6 Å². The summed E-state index contributed by atoms with van der Waals surface area (Å²) in [7, 11) is 5.12. The molecule has 250 valence electrons. The third kappa shape index (κ3) is 9.01. The number of likely N-dealkylation sites (N-methyl/N-ethyl adjacent to an activating group) is 1. The number of thiophene rings is 1. The molecule has 5 rings (SSSR count). The van der Waals surface area contributed by atoms with Gasteiger partial charge in [-0.2, -0.15) is 0 Å². The van der Waals surface area contributed by atoms with E-state index in [0.29, 0.717) is 50.7 Å². The molecule has 0 bridgehead atoms. The van der Waals surface area contributed by atoms with E-state index in [2.05, 4.69) is 15.2 Å². The maximum atomic E-state index is 13.5. The number of likely N-dealkylation sites (tertiary alicyclic amines) is 1. The number of ether oxygens (including phenoxy) is 4. The number of nitrogens with zero attached hydrogens (tertiary/aromatic N) is 1. The van der Waals surface area contributed by atoms with E-state index in [1.807, 2.05) is 49.5 Å². The van der Waals surface area contributed by atoms with Crippen molar-refractivity contribution >= 4 is 46.5 Å². The summed E-state index contributed by atoms with van der Waals surface area (Å²) < 4.78 is 22.7. The SMILES string of the molecule is COc1ccc([C@H](Cc2c(Cl)c[nH+]cc2Cl)OC(=O)c2ccc(CNC(C(=O)OC[C@H]3CCN3C)c3ccccc3)s2)cc1OC.[OH-]. The van der Waals surface area contributed by atoms with Gasteiger partial charge in [0.1, 0.15) is 33.7 Å². The molecule has 0 amide bonds. The molecule has 0 radical (unpaired) electrons. The van der Waals surface area contributed by atoms with E-state index in [-0.39, 0.29) is 23.9 Å². The number of carbonyl (C=O) groups excluding carboxylic acids is 2. The Morgan fingerprint density at radius 3 is 2.36 bits per heavy atom. The Morgan fingerprint density at radius 2 is 1.72 bits per heavy atom. The van der Waals surface area contributed by atoms with Crippen LogP contribution in [-0.4, -0.2) is 62.8 Å². The highest BCUT2D eigenvalue weighted by molar-refractivity contribution is 7.13. The molecule has 0 saturated carbocycles. The number of pyridine rings is 1. The topological polar surface area (TPSA) is 130 Å². The first-order chi connectivity index (χ1) is 22.3. The van der Waals surface area contributed by atoms with Crippen molar-refractivity contribution in [3.63, 3.8) is 0 Å². The van der Waals surface area contributed by atoms with Crippen molar-refractivity contribution in [2.45, 2.75) is 37.6 Å². The zero-order valence-electron chi connectivity index (χ0n) is 26.2. The van der Waals surface area contributed by atoms with Crippen LogP contribution in [0.5, 0.6) is 11.5 Å². The molecule has 4 aromatic rings. The van der Waals surface area contributed by atoms with E-state index in [0.717, 1.165) is 23.4 Å². The molecule has 47 heavy (non-hydrogen) atoms. The highest BCUT2D eigenvalue weighted by atomic mass is 35.5. The fourth-order valence-corrected chi connectivity index (χ4v) is 6.51. The van der Waals surface area contributed by atoms with Gasteiger partial charge in [-0.3, -0.25) is 10.2 Å². The molecule has 0 spiro atoms. The van der Waals surface area contributed by atoms with Gasteiger partial charge in [0, 0.05) is 29.4 Å². The van der Waals surface area contributed by atoms with Crippen LogP contribution in [0.15, 0.2) is 73.1 Å². The van der Waals surface area contributed by atoms with Crippen molar-refractivity contribution < 1.29 is 39.0 Å². The van der Waals surface area contributed by atoms with Crippen LogP contribution in [0.25, 0.3) is 0 Å². The zero-order valence-corrected chi connectivity index (χ0v) is 28.5. The van der Waals surface area contributed by atoms with Gasteiger partial charge in [0.05, 0.1) is 14.2 Å². The quantitative estimate of drug-likeness (QED) is 0.159. The molecular weight excluding hydrogens is 665 g/mol. The van der Waals surface area contributed by atoms with Crippen molar-refractivity contribution in [2.75, 3.05) is 34.4 Å². The molecule has 10 nitrogen and oxygen atoms in total. The van der Waals surface area contributed by atoms with Crippen molar-refractivity contribution in [2.24, 2.45) is 0 Å². The van der Waals surface area contributed by atoms with Gasteiger partial charge < -0.3 is 24.4 Å². The average molecular weight is 703 g/mol. The number of hydrogen-bond acceptors (Lipinski definition) is 10. The second kappa shape index (κ2) is 16.9. The molecule has 1 saturated heterocycles. The number of methoxy groups -OCH3 is 2. The summed E-state index contributed by atoms with van der Waals surface area (Å²) in [4.78, 5) is 33.0. The van der Waals surface area contributed by atoms with Crippen LogP contribution < -0.4 is 19.8 Å². The number of hydrogen-bond donors (Lipinski definition) is 1. The van der Waals surface area contributed by atoms with Gasteiger partial charge in [0.2, 0.25) is 0 Å². The zero-order chi connectivity index (χ0) is 32.6. The maximum absolute atomic E-state index is 13.5. The van der Waals surface area contributed by atoms with Gasteiger partial charge in [-0.05, 0) is 55.4 Å². The summed E-state index contributed by atoms with van der Waals surface area (Å²) in [5.74, 6) is 0.200. The van der Waals surface area contributed by atoms with Crippen LogP contribution >= 0.6 is 34.5 Å². The summed E-state index contributed by atoms with van der Waals surface area (Å²) in [6.45, 7) is 1.71. The largest absolute Gasteiger partial charge is 0.870 e. The summed E-state index contributed by atoms with van der Waals surface area (Å²) in [5, 5.41) is 4.16. The predicted molar refractivity (Wildman–Crippen MR) is 179 cm³/mol. The fraction of sp³-hybridized carbons (Fsp3) is 0.324. The fourth-order valence-electron chi connectivity index (χ4n) is 5.13.